The van der Waals surface area contributed by atoms with Crippen molar-refractivity contribution >= 4 is 0 Å². The predicted molar refractivity (Wildman–Crippen MR) is 67.2 cm³/mol. The van der Waals surface area contributed by atoms with E-state index in [1.165, 1.54) is 24.3 Å². The lowest BCUT2D eigenvalue weighted by atomic mass is 10.1. The Morgan fingerprint density at radius 1 is 1.23 bits per heavy atom. The second kappa shape index (κ2) is 4.77. The summed E-state index contributed by atoms with van der Waals surface area (Å²) >= 11 is 0. The number of imidazole rings is 1. The molecule has 3 nitrogen and oxygen atoms in total. The molecule has 0 spiro atoms. The quantitative estimate of drug-likeness (QED) is 0.878. The highest BCUT2D eigenvalue weighted by Gasteiger charge is 2.59. The summed E-state index contributed by atoms with van der Waals surface area (Å²) in [4.78, 5) is 3.48. The topological polar surface area (TPSA) is 38.1 Å². The molecule has 0 radical (unpaired) electrons. The van der Waals surface area contributed by atoms with Crippen LogP contribution < -0.4 is 0 Å². The van der Waals surface area contributed by atoms with Gasteiger partial charge in [-0.05, 0) is 5.56 Å². The summed E-state index contributed by atoms with van der Waals surface area (Å²) < 4.78 is 65.8. The van der Waals surface area contributed by atoms with Gasteiger partial charge in [0.1, 0.15) is 11.9 Å². The molecule has 1 unspecified atom stereocenters. The van der Waals surface area contributed by atoms with Gasteiger partial charge in [0, 0.05) is 18.2 Å². The van der Waals surface area contributed by atoms with Crippen LogP contribution in [0.25, 0.3) is 11.4 Å². The number of rotatable bonds is 3. The van der Waals surface area contributed by atoms with E-state index in [0.29, 0.717) is 11.8 Å². The standard InChI is InChI=1S/C14H11F5N2O/c15-13(16)5-11(13)21-6-10(14(17,18)19)20-12(21)9-3-1-8(7-22)2-4-9/h1-4,6,11,22H,5,7H2. The molecule has 3 rings (SSSR count). The van der Waals surface area contributed by atoms with Crippen LogP contribution in [0.1, 0.15) is 23.7 Å². The maximum absolute atomic E-state index is 13.2. The average molecular weight is 318 g/mol. The third kappa shape index (κ3) is 2.58. The maximum Gasteiger partial charge on any atom is 0.434 e. The van der Waals surface area contributed by atoms with Crippen LogP contribution in [0.4, 0.5) is 22.0 Å². The Morgan fingerprint density at radius 3 is 2.27 bits per heavy atom. The second-order valence-electron chi connectivity index (χ2n) is 5.19. The van der Waals surface area contributed by atoms with Crippen LogP contribution in [0.2, 0.25) is 0 Å². The first-order valence-corrected chi connectivity index (χ1v) is 6.46. The zero-order valence-electron chi connectivity index (χ0n) is 11.1. The van der Waals surface area contributed by atoms with Gasteiger partial charge in [0.15, 0.2) is 5.69 Å². The van der Waals surface area contributed by atoms with E-state index in [1.54, 1.807) is 0 Å². The fraction of sp³-hybridized carbons (Fsp3) is 0.357. The lowest BCUT2D eigenvalue weighted by Crippen LogP contribution is -2.05. The number of aromatic nitrogens is 2. The minimum absolute atomic E-state index is 0.154. The summed E-state index contributed by atoms with van der Waals surface area (Å²) in [5.41, 5.74) is -0.346. The number of aliphatic hydroxyl groups excluding tert-OH is 1. The van der Waals surface area contributed by atoms with Gasteiger partial charge in [0.2, 0.25) is 0 Å². The Balaban J connectivity index is 2.06. The van der Waals surface area contributed by atoms with Crippen molar-refractivity contribution in [1.29, 1.82) is 0 Å². The summed E-state index contributed by atoms with van der Waals surface area (Å²) in [5, 5.41) is 8.96. The van der Waals surface area contributed by atoms with E-state index in [-0.39, 0.29) is 18.0 Å². The van der Waals surface area contributed by atoms with Crippen molar-refractivity contribution in [3.63, 3.8) is 0 Å². The van der Waals surface area contributed by atoms with E-state index in [9.17, 15) is 22.0 Å². The van der Waals surface area contributed by atoms with E-state index in [4.69, 9.17) is 5.11 Å². The number of aliphatic hydroxyl groups is 1. The number of hydrogen-bond donors (Lipinski definition) is 1. The Hall–Kier alpha value is -1.96. The van der Waals surface area contributed by atoms with Crippen molar-refractivity contribution in [3.8, 4) is 11.4 Å². The predicted octanol–water partition coefficient (Wildman–Crippen LogP) is 3.64. The smallest absolute Gasteiger partial charge is 0.392 e. The normalized spacial score (nSPS) is 20.2. The molecule has 1 N–H and O–H groups in total. The van der Waals surface area contributed by atoms with Gasteiger partial charge in [0.25, 0.3) is 5.92 Å². The molecular formula is C14H11F5N2O. The molecule has 0 bridgehead atoms. The molecule has 1 atom stereocenters. The number of hydrogen-bond acceptors (Lipinski definition) is 2. The number of benzene rings is 1. The molecule has 1 heterocycles. The molecule has 118 valence electrons. The Labute approximate surface area is 122 Å². The van der Waals surface area contributed by atoms with E-state index < -0.39 is 30.3 Å². The molecule has 1 aromatic carbocycles. The first-order chi connectivity index (χ1) is 10.2. The number of halogens is 5. The molecule has 2 aromatic rings. The minimum Gasteiger partial charge on any atom is -0.392 e. The van der Waals surface area contributed by atoms with Crippen molar-refractivity contribution in [2.24, 2.45) is 0 Å². The lowest BCUT2D eigenvalue weighted by molar-refractivity contribution is -0.140. The van der Waals surface area contributed by atoms with Crippen LogP contribution in [0.5, 0.6) is 0 Å². The van der Waals surface area contributed by atoms with E-state index >= 15 is 0 Å². The SMILES string of the molecule is OCc1ccc(-c2nc(C(F)(F)F)cn2C2CC2(F)F)cc1. The molecule has 8 heteroatoms. The van der Waals surface area contributed by atoms with Gasteiger partial charge in [-0.1, -0.05) is 24.3 Å². The second-order valence-corrected chi connectivity index (χ2v) is 5.19. The van der Waals surface area contributed by atoms with Crippen LogP contribution in [-0.4, -0.2) is 20.6 Å². The highest BCUT2D eigenvalue weighted by molar-refractivity contribution is 5.57. The van der Waals surface area contributed by atoms with E-state index in [1.807, 2.05) is 0 Å². The molecule has 0 aliphatic heterocycles. The largest absolute Gasteiger partial charge is 0.434 e. The molecule has 1 aromatic heterocycles. The van der Waals surface area contributed by atoms with Crippen molar-refractivity contribution < 1.29 is 27.1 Å². The minimum atomic E-state index is -4.70. The van der Waals surface area contributed by atoms with Crippen LogP contribution in [0, 0.1) is 0 Å². The Morgan fingerprint density at radius 2 is 1.82 bits per heavy atom. The highest BCUT2D eigenvalue weighted by atomic mass is 19.4. The summed E-state index contributed by atoms with van der Waals surface area (Å²) in [6, 6.07) is 4.61. The van der Waals surface area contributed by atoms with Crippen molar-refractivity contribution in [1.82, 2.24) is 9.55 Å². The van der Waals surface area contributed by atoms with Gasteiger partial charge in [-0.2, -0.15) is 13.2 Å². The summed E-state index contributed by atoms with van der Waals surface area (Å²) in [7, 11) is 0. The van der Waals surface area contributed by atoms with E-state index in [2.05, 4.69) is 4.98 Å². The molecule has 1 saturated carbocycles. The molecule has 1 aliphatic rings. The maximum atomic E-state index is 13.2. The molecule has 0 saturated heterocycles. The third-order valence-electron chi connectivity index (χ3n) is 3.55. The van der Waals surface area contributed by atoms with E-state index in [0.717, 1.165) is 4.57 Å². The number of alkyl halides is 5. The summed E-state index contributed by atoms with van der Waals surface area (Å²) in [5.74, 6) is -3.16. The van der Waals surface area contributed by atoms with Gasteiger partial charge in [-0.25, -0.2) is 13.8 Å². The van der Waals surface area contributed by atoms with Gasteiger partial charge in [0.05, 0.1) is 6.61 Å². The van der Waals surface area contributed by atoms with Crippen LogP contribution in [-0.2, 0) is 12.8 Å². The van der Waals surface area contributed by atoms with Gasteiger partial charge >= 0.3 is 6.18 Å². The molecule has 22 heavy (non-hydrogen) atoms. The highest BCUT2D eigenvalue weighted by Crippen LogP contribution is 2.54. The monoisotopic (exact) mass is 318 g/mol. The molecule has 1 fully saturated rings. The van der Waals surface area contributed by atoms with Gasteiger partial charge < -0.3 is 9.67 Å². The first kappa shape index (κ1) is 15.0. The van der Waals surface area contributed by atoms with Gasteiger partial charge in [-0.15, -0.1) is 0 Å². The zero-order valence-corrected chi connectivity index (χ0v) is 11.1. The molecule has 0 amide bonds. The third-order valence-corrected chi connectivity index (χ3v) is 3.55. The van der Waals surface area contributed by atoms with Crippen molar-refractivity contribution in [3.05, 3.63) is 41.7 Å². The fourth-order valence-electron chi connectivity index (χ4n) is 2.24. The molecule has 1 aliphatic carbocycles. The van der Waals surface area contributed by atoms with Crippen LogP contribution >= 0.6 is 0 Å². The van der Waals surface area contributed by atoms with Crippen LogP contribution in [0.3, 0.4) is 0 Å². The Kier molecular flexibility index (Phi) is 3.24. The lowest BCUT2D eigenvalue weighted by Gasteiger charge is -2.07. The number of nitrogens with zero attached hydrogens (tertiary/aromatic N) is 2. The van der Waals surface area contributed by atoms with Crippen LogP contribution in [0.15, 0.2) is 30.5 Å². The average Bonchev–Trinajstić information content (AvgIpc) is 2.88. The summed E-state index contributed by atoms with van der Waals surface area (Å²) in [6.45, 7) is -0.219. The van der Waals surface area contributed by atoms with Gasteiger partial charge in [-0.3, -0.25) is 0 Å². The summed E-state index contributed by atoms with van der Waals surface area (Å²) in [6.07, 6.45) is -4.57. The molecular weight excluding hydrogens is 307 g/mol. The van der Waals surface area contributed by atoms with Crippen molar-refractivity contribution in [2.45, 2.75) is 31.2 Å². The first-order valence-electron chi connectivity index (χ1n) is 6.46. The van der Waals surface area contributed by atoms with Crippen molar-refractivity contribution in [2.75, 3.05) is 0 Å². The fourth-order valence-corrected chi connectivity index (χ4v) is 2.24. The Bertz CT molecular complexity index is 690. The zero-order chi connectivity index (χ0) is 16.1.